The number of halogens is 2. The predicted octanol–water partition coefficient (Wildman–Crippen LogP) is 5.25. The number of nitrogens with one attached hydrogen (secondary N) is 1. The Morgan fingerprint density at radius 2 is 1.69 bits per heavy atom. The molecule has 8 nitrogen and oxygen atoms in total. The Hall–Kier alpha value is -3.14. The number of hydrogen-bond donors (Lipinski definition) is 1. The number of rotatable bonds is 9. The molecule has 0 atom stereocenters. The van der Waals surface area contributed by atoms with Crippen LogP contribution in [0.3, 0.4) is 0 Å². The van der Waals surface area contributed by atoms with E-state index < -0.39 is 0 Å². The third kappa shape index (κ3) is 6.54. The SMILES string of the molecule is COc1ccc(CCNC(=O)c2nnn(-c3cc(Cl)cc(Cl)c3)c2CSc2nc(C)cc(C)n2)cc1. The van der Waals surface area contributed by atoms with Gasteiger partial charge in [-0.3, -0.25) is 4.79 Å². The van der Waals surface area contributed by atoms with Crippen molar-refractivity contribution in [3.05, 3.63) is 86.9 Å². The van der Waals surface area contributed by atoms with Gasteiger partial charge in [0.15, 0.2) is 10.9 Å². The minimum atomic E-state index is -0.320. The highest BCUT2D eigenvalue weighted by atomic mass is 35.5. The monoisotopic (exact) mass is 542 g/mol. The molecule has 1 amide bonds. The first-order valence-corrected chi connectivity index (χ1v) is 12.8. The standard InChI is InChI=1S/C25H24Cl2N6O2S/c1-15-10-16(2)30-25(29-15)36-14-22-23(31-32-33(22)20-12-18(26)11-19(27)13-20)24(34)28-9-8-17-4-6-21(35-3)7-5-17/h4-7,10-13H,8-9,14H2,1-3H3,(H,28,34). The fourth-order valence-electron chi connectivity index (χ4n) is 3.56. The Kier molecular flexibility index (Phi) is 8.45. The van der Waals surface area contributed by atoms with Crippen LogP contribution in [-0.2, 0) is 12.2 Å². The molecule has 4 aromatic rings. The van der Waals surface area contributed by atoms with Crippen molar-refractivity contribution in [1.82, 2.24) is 30.3 Å². The van der Waals surface area contributed by atoms with Crippen molar-refractivity contribution in [1.29, 1.82) is 0 Å². The van der Waals surface area contributed by atoms with Gasteiger partial charge in [0.1, 0.15) is 5.75 Å². The molecule has 0 radical (unpaired) electrons. The Morgan fingerprint density at radius 3 is 2.33 bits per heavy atom. The van der Waals surface area contributed by atoms with E-state index in [-0.39, 0.29) is 11.6 Å². The molecule has 36 heavy (non-hydrogen) atoms. The molecule has 0 aliphatic carbocycles. The fourth-order valence-corrected chi connectivity index (χ4v) is 5.02. The molecule has 0 unspecified atom stereocenters. The molecule has 0 aliphatic rings. The maximum Gasteiger partial charge on any atom is 0.273 e. The van der Waals surface area contributed by atoms with Crippen molar-refractivity contribution >= 4 is 40.9 Å². The highest BCUT2D eigenvalue weighted by molar-refractivity contribution is 7.98. The summed E-state index contributed by atoms with van der Waals surface area (Å²) in [5.41, 5.74) is 4.23. The third-order valence-corrected chi connectivity index (χ3v) is 6.52. The van der Waals surface area contributed by atoms with Crippen molar-refractivity contribution in [2.75, 3.05) is 13.7 Å². The highest BCUT2D eigenvalue weighted by Crippen LogP contribution is 2.27. The van der Waals surface area contributed by atoms with Crippen LogP contribution in [0.1, 0.15) is 33.1 Å². The van der Waals surface area contributed by atoms with Gasteiger partial charge in [0.2, 0.25) is 0 Å². The number of aromatic nitrogens is 5. The summed E-state index contributed by atoms with van der Waals surface area (Å²) >= 11 is 13.8. The van der Waals surface area contributed by atoms with E-state index in [1.807, 2.05) is 44.2 Å². The van der Waals surface area contributed by atoms with Gasteiger partial charge in [-0.15, -0.1) is 5.10 Å². The molecule has 2 aromatic heterocycles. The molecule has 0 bridgehead atoms. The van der Waals surface area contributed by atoms with E-state index >= 15 is 0 Å². The van der Waals surface area contributed by atoms with Gasteiger partial charge in [0.05, 0.1) is 18.5 Å². The van der Waals surface area contributed by atoms with E-state index in [4.69, 9.17) is 27.9 Å². The number of methoxy groups -OCH3 is 1. The number of carbonyl (C=O) groups excluding carboxylic acids is 1. The molecule has 0 saturated carbocycles. The van der Waals surface area contributed by atoms with Crippen LogP contribution in [-0.4, -0.2) is 44.5 Å². The first-order chi connectivity index (χ1) is 17.3. The van der Waals surface area contributed by atoms with Gasteiger partial charge in [0, 0.05) is 33.7 Å². The molecule has 186 valence electrons. The second-order valence-corrected chi connectivity index (χ2v) is 9.82. The summed E-state index contributed by atoms with van der Waals surface area (Å²) in [5, 5.41) is 12.9. The zero-order valence-corrected chi connectivity index (χ0v) is 22.3. The van der Waals surface area contributed by atoms with E-state index in [2.05, 4.69) is 25.6 Å². The number of benzene rings is 2. The average Bonchev–Trinajstić information content (AvgIpc) is 3.26. The average molecular weight is 543 g/mol. The van der Waals surface area contributed by atoms with Crippen molar-refractivity contribution in [3.8, 4) is 11.4 Å². The minimum Gasteiger partial charge on any atom is -0.497 e. The smallest absolute Gasteiger partial charge is 0.273 e. The highest BCUT2D eigenvalue weighted by Gasteiger charge is 2.22. The van der Waals surface area contributed by atoms with Crippen molar-refractivity contribution < 1.29 is 9.53 Å². The molecule has 0 fully saturated rings. The molecule has 0 saturated heterocycles. The number of amides is 1. The lowest BCUT2D eigenvalue weighted by Gasteiger charge is -2.10. The maximum atomic E-state index is 13.1. The Morgan fingerprint density at radius 1 is 1.03 bits per heavy atom. The van der Waals surface area contributed by atoms with Gasteiger partial charge in [-0.25, -0.2) is 14.6 Å². The van der Waals surface area contributed by atoms with Crippen molar-refractivity contribution in [3.63, 3.8) is 0 Å². The van der Waals surface area contributed by atoms with Gasteiger partial charge in [-0.05, 0) is 62.2 Å². The Bertz CT molecular complexity index is 1340. The molecule has 11 heteroatoms. The van der Waals surface area contributed by atoms with Gasteiger partial charge >= 0.3 is 0 Å². The first-order valence-electron chi connectivity index (χ1n) is 11.1. The summed E-state index contributed by atoms with van der Waals surface area (Å²) < 4.78 is 6.76. The molecule has 0 spiro atoms. The Labute approximate surface area is 223 Å². The lowest BCUT2D eigenvalue weighted by Crippen LogP contribution is -2.27. The summed E-state index contributed by atoms with van der Waals surface area (Å²) in [6.45, 7) is 4.27. The van der Waals surface area contributed by atoms with E-state index in [9.17, 15) is 4.79 Å². The van der Waals surface area contributed by atoms with Crippen LogP contribution in [0.25, 0.3) is 5.69 Å². The number of nitrogens with zero attached hydrogens (tertiary/aromatic N) is 5. The molecular weight excluding hydrogens is 519 g/mol. The molecule has 1 N–H and O–H groups in total. The van der Waals surface area contributed by atoms with Gasteiger partial charge < -0.3 is 10.1 Å². The van der Waals surface area contributed by atoms with Crippen molar-refractivity contribution in [2.24, 2.45) is 0 Å². The quantitative estimate of drug-likeness (QED) is 0.228. The number of ether oxygens (including phenoxy) is 1. The normalized spacial score (nSPS) is 10.9. The summed E-state index contributed by atoms with van der Waals surface area (Å²) in [5.74, 6) is 0.830. The second kappa shape index (κ2) is 11.7. The van der Waals surface area contributed by atoms with Crippen LogP contribution in [0, 0.1) is 13.8 Å². The van der Waals surface area contributed by atoms with Crippen LogP contribution in [0.4, 0.5) is 0 Å². The third-order valence-electron chi connectivity index (χ3n) is 5.23. The number of thioether (sulfide) groups is 1. The molecule has 2 heterocycles. The summed E-state index contributed by atoms with van der Waals surface area (Å²) in [6.07, 6.45) is 0.661. The largest absolute Gasteiger partial charge is 0.497 e. The van der Waals surface area contributed by atoms with Crippen LogP contribution in [0.15, 0.2) is 53.7 Å². The maximum absolute atomic E-state index is 13.1. The van der Waals surface area contributed by atoms with E-state index in [0.717, 1.165) is 22.7 Å². The second-order valence-electron chi connectivity index (χ2n) is 8.00. The summed E-state index contributed by atoms with van der Waals surface area (Å²) in [6, 6.07) is 14.7. The molecule has 0 aliphatic heterocycles. The Balaban J connectivity index is 1.56. The summed E-state index contributed by atoms with van der Waals surface area (Å²) in [4.78, 5) is 22.1. The van der Waals surface area contributed by atoms with Crippen molar-refractivity contribution in [2.45, 2.75) is 31.2 Å². The predicted molar refractivity (Wildman–Crippen MR) is 141 cm³/mol. The summed E-state index contributed by atoms with van der Waals surface area (Å²) in [7, 11) is 1.63. The number of aryl methyl sites for hydroxylation is 2. The van der Waals surface area contributed by atoms with Gasteiger partial charge in [-0.2, -0.15) is 0 Å². The first kappa shape index (κ1) is 25.9. The number of carbonyl (C=O) groups is 1. The lowest BCUT2D eigenvalue weighted by atomic mass is 10.1. The van der Waals surface area contributed by atoms with Crippen LogP contribution in [0.5, 0.6) is 5.75 Å². The van der Waals surface area contributed by atoms with Crippen LogP contribution in [0.2, 0.25) is 10.0 Å². The molecule has 2 aromatic carbocycles. The van der Waals surface area contributed by atoms with Crippen LogP contribution < -0.4 is 10.1 Å². The van der Waals surface area contributed by atoms with E-state index in [1.165, 1.54) is 11.8 Å². The molecular formula is C25H24Cl2N6O2S. The topological polar surface area (TPSA) is 94.8 Å². The lowest BCUT2D eigenvalue weighted by molar-refractivity contribution is 0.0948. The van der Waals surface area contributed by atoms with E-state index in [0.29, 0.717) is 45.3 Å². The number of hydrogen-bond acceptors (Lipinski definition) is 7. The van der Waals surface area contributed by atoms with Crippen LogP contribution >= 0.6 is 35.0 Å². The molecule has 4 rings (SSSR count). The van der Waals surface area contributed by atoms with Gasteiger partial charge in [-0.1, -0.05) is 52.3 Å². The fraction of sp³-hybridized carbons (Fsp3) is 0.240. The minimum absolute atomic E-state index is 0.220. The zero-order valence-electron chi connectivity index (χ0n) is 20.0. The zero-order chi connectivity index (χ0) is 25.7. The van der Waals surface area contributed by atoms with Gasteiger partial charge in [0.25, 0.3) is 5.91 Å². The van der Waals surface area contributed by atoms with E-state index in [1.54, 1.807) is 30.0 Å².